The monoisotopic (exact) mass is 541 g/mol. The third kappa shape index (κ3) is 11.5. The van der Waals surface area contributed by atoms with Gasteiger partial charge in [-0.3, -0.25) is 4.79 Å². The van der Waals surface area contributed by atoms with E-state index in [0.29, 0.717) is 26.3 Å². The molecule has 1 atom stereocenters. The molecule has 9 heteroatoms. The quantitative estimate of drug-likeness (QED) is 0.269. The minimum absolute atomic E-state index is 0.0922. The second-order valence-corrected chi connectivity index (χ2v) is 7.52. The maximum atomic E-state index is 11.7. The summed E-state index contributed by atoms with van der Waals surface area (Å²) in [4.78, 5) is 26.3. The minimum atomic E-state index is -0.197. The van der Waals surface area contributed by atoms with Crippen LogP contribution in [-0.4, -0.2) is 93.3 Å². The Balaban J connectivity index is 0. The summed E-state index contributed by atoms with van der Waals surface area (Å²) in [5.41, 5.74) is 0.154. The number of nitrogens with one attached hydrogen (secondary N) is 2. The van der Waals surface area contributed by atoms with Crippen molar-refractivity contribution in [2.24, 2.45) is 0 Å². The van der Waals surface area contributed by atoms with Gasteiger partial charge in [0.1, 0.15) is 0 Å². The van der Waals surface area contributed by atoms with Gasteiger partial charge < -0.3 is 15.0 Å². The number of ether oxygens (including phenoxy) is 2. The SMILES string of the molecule is CN[C@@H](C)C(=O)N(C)CCOC.[CH-]=C(NC)C(=O)N(CCOC)[C](C)=[W]. The molecule has 0 bridgehead atoms. The van der Waals surface area contributed by atoms with E-state index in [0.717, 1.165) is 4.02 Å². The summed E-state index contributed by atoms with van der Waals surface area (Å²) >= 11 is 1.24. The first-order chi connectivity index (χ1) is 12.2. The first-order valence-corrected chi connectivity index (χ1v) is 9.67. The molecule has 0 aliphatic carbocycles. The van der Waals surface area contributed by atoms with Crippen molar-refractivity contribution in [2.45, 2.75) is 19.9 Å². The third-order valence-electron chi connectivity index (χ3n) is 3.45. The Morgan fingerprint density at radius 1 is 1.15 bits per heavy atom. The molecule has 0 aliphatic heterocycles. The third-order valence-corrected chi connectivity index (χ3v) is 4.25. The van der Waals surface area contributed by atoms with Crippen molar-refractivity contribution in [1.29, 1.82) is 0 Å². The zero-order valence-corrected chi connectivity index (χ0v) is 19.9. The Bertz CT molecular complexity index is 460. The topological polar surface area (TPSA) is 83.1 Å². The zero-order chi connectivity index (χ0) is 20.7. The van der Waals surface area contributed by atoms with Crippen molar-refractivity contribution < 1.29 is 38.4 Å². The first-order valence-electron chi connectivity index (χ1n) is 8.20. The number of likely N-dealkylation sites (N-methyl/N-ethyl adjacent to an activating group) is 3. The molecular formula is C17H33N4O4W-. The van der Waals surface area contributed by atoms with E-state index >= 15 is 0 Å². The van der Waals surface area contributed by atoms with E-state index in [1.165, 1.54) is 19.4 Å². The summed E-state index contributed by atoms with van der Waals surface area (Å²) in [7, 11) is 8.40. The number of amides is 2. The van der Waals surface area contributed by atoms with Crippen molar-refractivity contribution in [3.8, 4) is 0 Å². The fraction of sp³-hybridized carbons (Fsp3) is 0.706. The van der Waals surface area contributed by atoms with Gasteiger partial charge in [-0.05, 0) is 14.0 Å². The molecule has 0 heterocycles. The van der Waals surface area contributed by atoms with Crippen LogP contribution in [-0.2, 0) is 38.4 Å². The van der Waals surface area contributed by atoms with Gasteiger partial charge in [-0.2, -0.15) is 0 Å². The Morgan fingerprint density at radius 2 is 1.65 bits per heavy atom. The summed E-state index contributed by atoms with van der Waals surface area (Å²) < 4.78 is 10.8. The molecule has 0 saturated carbocycles. The second kappa shape index (κ2) is 16.1. The van der Waals surface area contributed by atoms with Crippen molar-refractivity contribution in [1.82, 2.24) is 20.4 Å². The van der Waals surface area contributed by atoms with E-state index in [1.54, 1.807) is 45.2 Å². The van der Waals surface area contributed by atoms with Crippen LogP contribution in [0.15, 0.2) is 5.70 Å². The maximum absolute atomic E-state index is 11.7. The van der Waals surface area contributed by atoms with Crippen LogP contribution in [0, 0.1) is 6.58 Å². The summed E-state index contributed by atoms with van der Waals surface area (Å²) in [6.45, 7) is 11.5. The number of methoxy groups -OCH3 is 2. The van der Waals surface area contributed by atoms with Gasteiger partial charge in [0.2, 0.25) is 5.91 Å². The van der Waals surface area contributed by atoms with Crippen LogP contribution in [0.3, 0.4) is 0 Å². The van der Waals surface area contributed by atoms with Crippen molar-refractivity contribution in [3.05, 3.63) is 12.3 Å². The Morgan fingerprint density at radius 3 is 2.04 bits per heavy atom. The molecule has 0 spiro atoms. The Kier molecular flexibility index (Phi) is 16.8. The van der Waals surface area contributed by atoms with Gasteiger partial charge in [-0.25, -0.2) is 0 Å². The van der Waals surface area contributed by atoms with Gasteiger partial charge >= 0.3 is 95.5 Å². The summed E-state index contributed by atoms with van der Waals surface area (Å²) in [6.07, 6.45) is 0. The molecule has 0 aromatic heterocycles. The van der Waals surface area contributed by atoms with Crippen LogP contribution in [0.5, 0.6) is 0 Å². The number of rotatable bonds is 11. The van der Waals surface area contributed by atoms with E-state index in [2.05, 4.69) is 10.6 Å². The molecule has 0 aliphatic rings. The van der Waals surface area contributed by atoms with Gasteiger partial charge in [0, 0.05) is 20.7 Å². The molecule has 8 nitrogen and oxygen atoms in total. The standard InChI is InChI=1S/C9H15N2O2.C8H18N2O2.W/c1-5-11(6-7-13-4)9(12)8(2)10-3;1-7(9-2)8(11)10(3)5-6-12-4;/h2,10H,6-7H2,1,3-4H3;7,9H,5-6H2,1-4H3;/q-1;;/t;7-;/m.0./s1. The van der Waals surface area contributed by atoms with Crippen LogP contribution in [0.2, 0.25) is 0 Å². The molecule has 0 fully saturated rings. The fourth-order valence-corrected chi connectivity index (χ4v) is 2.26. The fourth-order valence-electron chi connectivity index (χ4n) is 1.63. The molecule has 26 heavy (non-hydrogen) atoms. The van der Waals surface area contributed by atoms with Crippen molar-refractivity contribution in [2.75, 3.05) is 61.7 Å². The normalized spacial score (nSPS) is 10.9. The second-order valence-electron chi connectivity index (χ2n) is 5.40. The van der Waals surface area contributed by atoms with Gasteiger partial charge in [0.15, 0.2) is 0 Å². The van der Waals surface area contributed by atoms with Gasteiger partial charge in [-0.1, -0.05) is 0 Å². The molecule has 0 unspecified atom stereocenters. The van der Waals surface area contributed by atoms with Gasteiger partial charge in [-0.15, -0.1) is 0 Å². The van der Waals surface area contributed by atoms with E-state index < -0.39 is 0 Å². The van der Waals surface area contributed by atoms with Gasteiger partial charge in [0.25, 0.3) is 0 Å². The van der Waals surface area contributed by atoms with Crippen molar-refractivity contribution in [3.63, 3.8) is 0 Å². The molecule has 2 amide bonds. The van der Waals surface area contributed by atoms with Gasteiger partial charge in [0.05, 0.1) is 12.6 Å². The predicted octanol–water partition coefficient (Wildman–Crippen LogP) is -0.607. The van der Waals surface area contributed by atoms with Crippen LogP contribution < -0.4 is 10.6 Å². The Hall–Kier alpha value is -1.08. The number of hydrogen-bond donors (Lipinski definition) is 2. The number of hydrogen-bond acceptors (Lipinski definition) is 6. The summed E-state index contributed by atoms with van der Waals surface area (Å²) in [5.74, 6) is -0.105. The Labute approximate surface area is 168 Å². The number of carbonyl (C=O) groups is 2. The molecule has 0 aromatic rings. The number of nitrogens with zero attached hydrogens (tertiary/aromatic N) is 2. The number of carbonyl (C=O) groups excluding carboxylic acids is 2. The van der Waals surface area contributed by atoms with E-state index in [4.69, 9.17) is 16.1 Å². The molecule has 0 radical (unpaired) electrons. The molecule has 0 aromatic carbocycles. The molecule has 0 saturated heterocycles. The van der Waals surface area contributed by atoms with Crippen molar-refractivity contribution >= 4 is 15.8 Å². The van der Waals surface area contributed by atoms with E-state index in [9.17, 15) is 9.59 Å². The van der Waals surface area contributed by atoms with Crippen LogP contribution in [0.1, 0.15) is 13.8 Å². The zero-order valence-electron chi connectivity index (χ0n) is 16.9. The molecule has 2 N–H and O–H groups in total. The molecular weight excluding hydrogens is 508 g/mol. The summed E-state index contributed by atoms with van der Waals surface area (Å²) in [6, 6.07) is -0.119. The molecule has 152 valence electrons. The van der Waals surface area contributed by atoms with Crippen LogP contribution >= 0.6 is 0 Å². The average molecular weight is 541 g/mol. The van der Waals surface area contributed by atoms with E-state index in [-0.39, 0.29) is 23.6 Å². The average Bonchev–Trinajstić information content (AvgIpc) is 2.64. The van der Waals surface area contributed by atoms with E-state index in [1.807, 2.05) is 13.8 Å². The predicted molar refractivity (Wildman–Crippen MR) is 99.2 cm³/mol. The first kappa shape index (κ1) is 27.1. The molecule has 0 rings (SSSR count). The van der Waals surface area contributed by atoms with Crippen LogP contribution in [0.4, 0.5) is 0 Å². The van der Waals surface area contributed by atoms with Crippen LogP contribution in [0.25, 0.3) is 0 Å². The summed E-state index contributed by atoms with van der Waals surface area (Å²) in [5, 5.41) is 5.52.